The number of ether oxygens (including phenoxy) is 1. The number of carbonyl (C=O) groups is 1. The summed E-state index contributed by atoms with van der Waals surface area (Å²) in [7, 11) is 0. The van der Waals surface area contributed by atoms with Crippen LogP contribution in [-0.4, -0.2) is 5.78 Å². The quantitative estimate of drug-likeness (QED) is 0.839. The van der Waals surface area contributed by atoms with Gasteiger partial charge in [-0.25, -0.2) is 4.39 Å². The molecule has 0 saturated carbocycles. The third-order valence-corrected chi connectivity index (χ3v) is 3.32. The monoisotopic (exact) mass is 256 g/mol. The highest BCUT2D eigenvalue weighted by atomic mass is 19.1. The Morgan fingerprint density at radius 3 is 2.63 bits per heavy atom. The molecule has 2 aromatic carbocycles. The van der Waals surface area contributed by atoms with E-state index in [0.717, 1.165) is 23.1 Å². The Morgan fingerprint density at radius 1 is 1.05 bits per heavy atom. The molecule has 0 aliphatic heterocycles. The summed E-state index contributed by atoms with van der Waals surface area (Å²) < 4.78 is 18.4. The Labute approximate surface area is 110 Å². The van der Waals surface area contributed by atoms with Gasteiger partial charge in [0, 0.05) is 12.0 Å². The Balaban J connectivity index is 1.72. The van der Waals surface area contributed by atoms with Gasteiger partial charge < -0.3 is 4.74 Å². The number of benzene rings is 2. The van der Waals surface area contributed by atoms with E-state index in [-0.39, 0.29) is 11.6 Å². The Hall–Kier alpha value is -2.16. The molecule has 0 amide bonds. The fraction of sp³-hybridized carbons (Fsp3) is 0.188. The van der Waals surface area contributed by atoms with Crippen molar-refractivity contribution in [3.63, 3.8) is 0 Å². The molecule has 1 aliphatic rings. The van der Waals surface area contributed by atoms with E-state index in [1.807, 2.05) is 12.1 Å². The largest absolute Gasteiger partial charge is 0.489 e. The second kappa shape index (κ2) is 4.84. The normalized spacial score (nSPS) is 13.4. The first-order valence-corrected chi connectivity index (χ1v) is 6.26. The third-order valence-electron chi connectivity index (χ3n) is 3.32. The SMILES string of the molecule is O=C1CCc2ccc(OCc3ccc(F)cc3)cc21. The van der Waals surface area contributed by atoms with E-state index in [1.165, 1.54) is 12.1 Å². The standard InChI is InChI=1S/C16H13FO2/c17-13-5-1-11(2-6-13)10-19-14-7-3-12-4-8-16(18)15(12)9-14/h1-3,5-7,9H,4,8,10H2. The molecule has 1 aliphatic carbocycles. The average Bonchev–Trinajstić information content (AvgIpc) is 2.80. The minimum absolute atomic E-state index is 0.183. The maximum Gasteiger partial charge on any atom is 0.163 e. The molecule has 2 aromatic rings. The van der Waals surface area contributed by atoms with Crippen molar-refractivity contribution in [2.75, 3.05) is 0 Å². The van der Waals surface area contributed by atoms with E-state index in [9.17, 15) is 9.18 Å². The molecule has 2 nitrogen and oxygen atoms in total. The van der Waals surface area contributed by atoms with Gasteiger partial charge >= 0.3 is 0 Å². The van der Waals surface area contributed by atoms with Gasteiger partial charge in [0.1, 0.15) is 18.2 Å². The molecule has 19 heavy (non-hydrogen) atoms. The molecule has 3 heteroatoms. The van der Waals surface area contributed by atoms with Crippen LogP contribution >= 0.6 is 0 Å². The summed E-state index contributed by atoms with van der Waals surface area (Å²) in [4.78, 5) is 11.6. The van der Waals surface area contributed by atoms with Crippen molar-refractivity contribution in [1.82, 2.24) is 0 Å². The van der Waals surface area contributed by atoms with Gasteiger partial charge in [-0.1, -0.05) is 18.2 Å². The van der Waals surface area contributed by atoms with Crippen molar-refractivity contribution in [2.24, 2.45) is 0 Å². The molecule has 96 valence electrons. The molecule has 0 unspecified atom stereocenters. The summed E-state index contributed by atoms with van der Waals surface area (Å²) in [5.41, 5.74) is 2.77. The number of fused-ring (bicyclic) bond motifs is 1. The summed E-state index contributed by atoms with van der Waals surface area (Å²) in [5, 5.41) is 0. The van der Waals surface area contributed by atoms with Gasteiger partial charge in [-0.15, -0.1) is 0 Å². The molecule has 0 saturated heterocycles. The number of rotatable bonds is 3. The topological polar surface area (TPSA) is 26.3 Å². The van der Waals surface area contributed by atoms with Gasteiger partial charge in [-0.2, -0.15) is 0 Å². The molecule has 0 heterocycles. The zero-order valence-corrected chi connectivity index (χ0v) is 10.4. The van der Waals surface area contributed by atoms with Crippen molar-refractivity contribution in [1.29, 1.82) is 0 Å². The highest BCUT2D eigenvalue weighted by Crippen LogP contribution is 2.26. The van der Waals surface area contributed by atoms with Gasteiger partial charge in [0.25, 0.3) is 0 Å². The second-order valence-corrected chi connectivity index (χ2v) is 4.66. The zero-order chi connectivity index (χ0) is 13.2. The molecule has 0 atom stereocenters. The van der Waals surface area contributed by atoms with E-state index >= 15 is 0 Å². The number of hydrogen-bond donors (Lipinski definition) is 0. The lowest BCUT2D eigenvalue weighted by atomic mass is 10.1. The van der Waals surface area contributed by atoms with Crippen LogP contribution in [0, 0.1) is 5.82 Å². The Bertz CT molecular complexity index is 617. The lowest BCUT2D eigenvalue weighted by Gasteiger charge is -2.07. The van der Waals surface area contributed by atoms with Crippen LogP contribution in [0.2, 0.25) is 0 Å². The van der Waals surface area contributed by atoms with Crippen molar-refractivity contribution >= 4 is 5.78 Å². The van der Waals surface area contributed by atoms with Crippen LogP contribution in [0.3, 0.4) is 0 Å². The lowest BCUT2D eigenvalue weighted by Crippen LogP contribution is -1.97. The molecule has 3 rings (SSSR count). The Morgan fingerprint density at radius 2 is 1.84 bits per heavy atom. The number of carbonyl (C=O) groups excluding carboxylic acids is 1. The van der Waals surface area contributed by atoms with Crippen molar-refractivity contribution in [3.05, 3.63) is 65.0 Å². The molecule has 0 spiro atoms. The van der Waals surface area contributed by atoms with Gasteiger partial charge in [0.2, 0.25) is 0 Å². The summed E-state index contributed by atoms with van der Waals surface area (Å²) >= 11 is 0. The molecule has 0 radical (unpaired) electrons. The predicted molar refractivity (Wildman–Crippen MR) is 69.8 cm³/mol. The first-order valence-electron chi connectivity index (χ1n) is 6.26. The van der Waals surface area contributed by atoms with Gasteiger partial charge in [0.15, 0.2) is 5.78 Å². The van der Waals surface area contributed by atoms with E-state index < -0.39 is 0 Å². The van der Waals surface area contributed by atoms with Crippen LogP contribution in [0.4, 0.5) is 4.39 Å². The van der Waals surface area contributed by atoms with Crippen LogP contribution in [0.5, 0.6) is 5.75 Å². The number of halogens is 1. The van der Waals surface area contributed by atoms with E-state index in [4.69, 9.17) is 4.74 Å². The lowest BCUT2D eigenvalue weighted by molar-refractivity contribution is 0.0994. The smallest absolute Gasteiger partial charge is 0.163 e. The van der Waals surface area contributed by atoms with Gasteiger partial charge in [0.05, 0.1) is 0 Å². The third kappa shape index (κ3) is 2.50. The number of ketones is 1. The second-order valence-electron chi connectivity index (χ2n) is 4.66. The number of hydrogen-bond acceptors (Lipinski definition) is 2. The molecular formula is C16H13FO2. The predicted octanol–water partition coefficient (Wildman–Crippen LogP) is 3.53. The first-order chi connectivity index (χ1) is 9.22. The van der Waals surface area contributed by atoms with Gasteiger partial charge in [-0.05, 0) is 41.8 Å². The van der Waals surface area contributed by atoms with Crippen LogP contribution < -0.4 is 4.74 Å². The summed E-state index contributed by atoms with van der Waals surface area (Å²) in [6.07, 6.45) is 1.42. The first kappa shape index (κ1) is 11.9. The molecule has 0 bridgehead atoms. The van der Waals surface area contributed by atoms with E-state index in [1.54, 1.807) is 18.2 Å². The van der Waals surface area contributed by atoms with Crippen molar-refractivity contribution in [3.8, 4) is 5.75 Å². The molecule has 0 N–H and O–H groups in total. The van der Waals surface area contributed by atoms with E-state index in [0.29, 0.717) is 18.8 Å². The van der Waals surface area contributed by atoms with Crippen molar-refractivity contribution < 1.29 is 13.9 Å². The number of aryl methyl sites for hydroxylation is 1. The zero-order valence-electron chi connectivity index (χ0n) is 10.4. The fourth-order valence-corrected chi connectivity index (χ4v) is 2.25. The van der Waals surface area contributed by atoms with Gasteiger partial charge in [-0.3, -0.25) is 4.79 Å². The number of Topliss-reactive ketones (excluding diaryl/α,β-unsaturated/α-hetero) is 1. The van der Waals surface area contributed by atoms with Crippen LogP contribution in [0.1, 0.15) is 27.9 Å². The minimum Gasteiger partial charge on any atom is -0.489 e. The summed E-state index contributed by atoms with van der Waals surface area (Å²) in [5.74, 6) is 0.604. The fourth-order valence-electron chi connectivity index (χ4n) is 2.25. The summed E-state index contributed by atoms with van der Waals surface area (Å²) in [6.45, 7) is 0.368. The molecular weight excluding hydrogens is 243 g/mol. The summed E-state index contributed by atoms with van der Waals surface area (Å²) in [6, 6.07) is 11.8. The van der Waals surface area contributed by atoms with E-state index in [2.05, 4.69) is 0 Å². The van der Waals surface area contributed by atoms with Crippen molar-refractivity contribution in [2.45, 2.75) is 19.4 Å². The van der Waals surface area contributed by atoms with Crippen LogP contribution in [0.15, 0.2) is 42.5 Å². The molecule has 0 fully saturated rings. The Kier molecular flexibility index (Phi) is 3.03. The maximum atomic E-state index is 12.8. The molecule has 0 aromatic heterocycles. The minimum atomic E-state index is -0.258. The average molecular weight is 256 g/mol. The highest BCUT2D eigenvalue weighted by Gasteiger charge is 2.19. The highest BCUT2D eigenvalue weighted by molar-refractivity contribution is 6.00. The maximum absolute atomic E-state index is 12.8. The van der Waals surface area contributed by atoms with Crippen LogP contribution in [-0.2, 0) is 13.0 Å². The van der Waals surface area contributed by atoms with Crippen LogP contribution in [0.25, 0.3) is 0 Å².